The van der Waals surface area contributed by atoms with Crippen LogP contribution >= 0.6 is 11.3 Å². The number of thiophene rings is 1. The lowest BCUT2D eigenvalue weighted by Gasteiger charge is -2.36. The lowest BCUT2D eigenvalue weighted by Crippen LogP contribution is -2.49. The van der Waals surface area contributed by atoms with E-state index < -0.39 is 0 Å². The molecule has 2 aromatic rings. The first kappa shape index (κ1) is 14.6. The van der Waals surface area contributed by atoms with Crippen molar-refractivity contribution in [1.29, 1.82) is 0 Å². The summed E-state index contributed by atoms with van der Waals surface area (Å²) in [4.78, 5) is 12.5. The molecule has 2 aromatic heterocycles. The lowest BCUT2D eigenvalue weighted by atomic mass is 10.2. The summed E-state index contributed by atoms with van der Waals surface area (Å²) < 4.78 is 5.57. The number of aliphatic hydroxyl groups excluding tert-OH is 1. The minimum atomic E-state index is -0.115. The lowest BCUT2D eigenvalue weighted by molar-refractivity contribution is -0.0811. The molecule has 7 heteroatoms. The van der Waals surface area contributed by atoms with Gasteiger partial charge in [0.15, 0.2) is 0 Å². The second-order valence-electron chi connectivity index (χ2n) is 5.29. The van der Waals surface area contributed by atoms with E-state index in [9.17, 15) is 5.11 Å². The number of anilines is 1. The monoisotopic (exact) mass is 308 g/mol. The van der Waals surface area contributed by atoms with E-state index >= 15 is 0 Å². The fraction of sp³-hybridized carbons (Fsp3) is 0.571. The number of aromatic nitrogens is 2. The van der Waals surface area contributed by atoms with Crippen molar-refractivity contribution in [1.82, 2.24) is 14.9 Å². The molecule has 0 radical (unpaired) electrons. The van der Waals surface area contributed by atoms with E-state index in [-0.39, 0.29) is 12.7 Å². The summed E-state index contributed by atoms with van der Waals surface area (Å²) in [5.41, 5.74) is 0. The van der Waals surface area contributed by atoms with E-state index in [2.05, 4.69) is 27.1 Å². The summed E-state index contributed by atoms with van der Waals surface area (Å²) in [6.07, 6.45) is -0.115. The third kappa shape index (κ3) is 3.01. The molecule has 0 aliphatic carbocycles. The molecule has 2 N–H and O–H groups in total. The molecule has 2 atom stereocenters. The van der Waals surface area contributed by atoms with Crippen molar-refractivity contribution in [3.05, 3.63) is 17.3 Å². The first-order valence-electron chi connectivity index (χ1n) is 7.09. The molecule has 6 nitrogen and oxygen atoms in total. The fourth-order valence-electron chi connectivity index (χ4n) is 2.55. The Kier molecular flexibility index (Phi) is 4.34. The van der Waals surface area contributed by atoms with E-state index in [1.165, 1.54) is 0 Å². The van der Waals surface area contributed by atoms with Gasteiger partial charge >= 0.3 is 0 Å². The van der Waals surface area contributed by atoms with Crippen LogP contribution in [0.15, 0.2) is 11.4 Å². The van der Waals surface area contributed by atoms with Gasteiger partial charge in [-0.05, 0) is 18.4 Å². The summed E-state index contributed by atoms with van der Waals surface area (Å²) >= 11 is 1.62. The molecular formula is C14H20N4O2S. The van der Waals surface area contributed by atoms with Crippen molar-refractivity contribution in [3.8, 4) is 0 Å². The number of hydrogen-bond donors (Lipinski definition) is 2. The van der Waals surface area contributed by atoms with Crippen molar-refractivity contribution in [2.24, 2.45) is 0 Å². The highest BCUT2D eigenvalue weighted by Gasteiger charge is 2.26. The van der Waals surface area contributed by atoms with Gasteiger partial charge < -0.3 is 15.2 Å². The zero-order chi connectivity index (χ0) is 14.8. The van der Waals surface area contributed by atoms with Crippen molar-refractivity contribution in [2.45, 2.75) is 25.6 Å². The fourth-order valence-corrected chi connectivity index (χ4v) is 3.33. The number of nitrogens with zero attached hydrogens (tertiary/aromatic N) is 3. The van der Waals surface area contributed by atoms with Gasteiger partial charge in [0.1, 0.15) is 16.5 Å². The average molecular weight is 308 g/mol. The molecule has 3 rings (SSSR count). The Balaban J connectivity index is 1.83. The van der Waals surface area contributed by atoms with Crippen LogP contribution in [-0.4, -0.2) is 58.9 Å². The van der Waals surface area contributed by atoms with Crippen LogP contribution in [0.5, 0.6) is 0 Å². The molecule has 1 aliphatic rings. The minimum Gasteiger partial charge on any atom is -0.394 e. The largest absolute Gasteiger partial charge is 0.394 e. The molecule has 3 heterocycles. The normalized spacial score (nSPS) is 23.6. The standard InChI is InChI=1S/C14H20N4O2S/c1-9-8-20-10(7-19)5-18(9)6-12-16-13(15-2)11-3-4-21-14(11)17-12/h3-4,9-10,19H,5-8H2,1-2H3,(H,15,16,17). The second-order valence-corrected chi connectivity index (χ2v) is 6.19. The molecule has 0 amide bonds. The number of ether oxygens (including phenoxy) is 1. The molecule has 0 bridgehead atoms. The van der Waals surface area contributed by atoms with Crippen LogP contribution in [0, 0.1) is 0 Å². The number of nitrogens with one attached hydrogen (secondary N) is 1. The highest BCUT2D eigenvalue weighted by atomic mass is 32.1. The summed E-state index contributed by atoms with van der Waals surface area (Å²) in [7, 11) is 1.88. The number of fused-ring (bicyclic) bond motifs is 1. The quantitative estimate of drug-likeness (QED) is 0.887. The highest BCUT2D eigenvalue weighted by molar-refractivity contribution is 7.16. The molecule has 2 unspecified atom stereocenters. The van der Waals surface area contributed by atoms with Gasteiger partial charge in [-0.3, -0.25) is 4.90 Å². The summed E-state index contributed by atoms with van der Waals surface area (Å²) in [6, 6.07) is 2.34. The molecule has 1 saturated heterocycles. The van der Waals surface area contributed by atoms with Gasteiger partial charge in [0.2, 0.25) is 0 Å². The number of rotatable bonds is 4. The number of hydrogen-bond acceptors (Lipinski definition) is 7. The first-order valence-corrected chi connectivity index (χ1v) is 7.97. The molecule has 1 fully saturated rings. The topological polar surface area (TPSA) is 70.5 Å². The Hall–Kier alpha value is -1.28. The van der Waals surface area contributed by atoms with Crippen LogP contribution < -0.4 is 5.32 Å². The Labute approximate surface area is 127 Å². The van der Waals surface area contributed by atoms with E-state index in [0.29, 0.717) is 25.7 Å². The Morgan fingerprint density at radius 2 is 2.38 bits per heavy atom. The third-order valence-electron chi connectivity index (χ3n) is 3.79. The Bertz CT molecular complexity index is 618. The van der Waals surface area contributed by atoms with Crippen LogP contribution in [-0.2, 0) is 11.3 Å². The average Bonchev–Trinajstić information content (AvgIpc) is 2.97. The first-order chi connectivity index (χ1) is 10.2. The number of aliphatic hydroxyl groups is 1. The van der Waals surface area contributed by atoms with Crippen molar-refractivity contribution >= 4 is 27.4 Å². The van der Waals surface area contributed by atoms with Crippen molar-refractivity contribution < 1.29 is 9.84 Å². The maximum Gasteiger partial charge on any atom is 0.146 e. The molecule has 1 aliphatic heterocycles. The predicted octanol–water partition coefficient (Wildman–Crippen LogP) is 1.31. The van der Waals surface area contributed by atoms with E-state index in [1.54, 1.807) is 11.3 Å². The van der Waals surface area contributed by atoms with E-state index in [4.69, 9.17) is 4.74 Å². The summed E-state index contributed by atoms with van der Waals surface area (Å²) in [6.45, 7) is 4.18. The van der Waals surface area contributed by atoms with E-state index in [1.807, 2.05) is 18.5 Å². The van der Waals surface area contributed by atoms with Gasteiger partial charge in [-0.25, -0.2) is 9.97 Å². The van der Waals surface area contributed by atoms with Gasteiger partial charge in [-0.15, -0.1) is 11.3 Å². The second kappa shape index (κ2) is 6.23. The zero-order valence-electron chi connectivity index (χ0n) is 12.2. The maximum absolute atomic E-state index is 9.27. The highest BCUT2D eigenvalue weighted by Crippen LogP contribution is 2.25. The van der Waals surface area contributed by atoms with Gasteiger partial charge in [0.05, 0.1) is 31.2 Å². The maximum atomic E-state index is 9.27. The van der Waals surface area contributed by atoms with Gasteiger partial charge in [0, 0.05) is 19.6 Å². The summed E-state index contributed by atoms with van der Waals surface area (Å²) in [5, 5.41) is 15.5. The third-order valence-corrected chi connectivity index (χ3v) is 4.60. The predicted molar refractivity (Wildman–Crippen MR) is 83.7 cm³/mol. The Morgan fingerprint density at radius 1 is 1.52 bits per heavy atom. The van der Waals surface area contributed by atoms with Crippen molar-refractivity contribution in [2.75, 3.05) is 32.1 Å². The molecule has 0 aromatic carbocycles. The smallest absolute Gasteiger partial charge is 0.146 e. The zero-order valence-corrected chi connectivity index (χ0v) is 13.1. The van der Waals surface area contributed by atoms with Crippen LogP contribution in [0.4, 0.5) is 5.82 Å². The molecule has 0 saturated carbocycles. The van der Waals surface area contributed by atoms with E-state index in [0.717, 1.165) is 21.9 Å². The van der Waals surface area contributed by atoms with Crippen LogP contribution in [0.2, 0.25) is 0 Å². The number of morpholine rings is 1. The van der Waals surface area contributed by atoms with Gasteiger partial charge in [-0.2, -0.15) is 0 Å². The van der Waals surface area contributed by atoms with Crippen molar-refractivity contribution in [3.63, 3.8) is 0 Å². The molecule has 0 spiro atoms. The summed E-state index contributed by atoms with van der Waals surface area (Å²) in [5.74, 6) is 1.68. The minimum absolute atomic E-state index is 0.0514. The molecule has 21 heavy (non-hydrogen) atoms. The molecular weight excluding hydrogens is 288 g/mol. The molecule has 114 valence electrons. The van der Waals surface area contributed by atoms with Gasteiger partial charge in [-0.1, -0.05) is 0 Å². The van der Waals surface area contributed by atoms with Gasteiger partial charge in [0.25, 0.3) is 0 Å². The van der Waals surface area contributed by atoms with Crippen LogP contribution in [0.25, 0.3) is 10.2 Å². The van der Waals surface area contributed by atoms with Crippen LogP contribution in [0.1, 0.15) is 12.7 Å². The SMILES string of the molecule is CNc1nc(CN2CC(CO)OCC2C)nc2sccc12. The van der Waals surface area contributed by atoms with Crippen LogP contribution in [0.3, 0.4) is 0 Å². The Morgan fingerprint density at radius 3 is 3.14 bits per heavy atom.